The molecule has 0 fully saturated rings. The number of allylic oxidation sites excluding steroid dienone is 1. The second-order valence-corrected chi connectivity index (χ2v) is 6.32. The summed E-state index contributed by atoms with van der Waals surface area (Å²) in [5, 5.41) is 9.60. The van der Waals surface area contributed by atoms with Crippen LogP contribution in [0, 0.1) is 13.8 Å². The van der Waals surface area contributed by atoms with Gasteiger partial charge in [0.2, 0.25) is 0 Å². The quantitative estimate of drug-likeness (QED) is 0.489. The zero-order valence-corrected chi connectivity index (χ0v) is 14.1. The van der Waals surface area contributed by atoms with Crippen LogP contribution in [0.4, 0.5) is 0 Å². The van der Waals surface area contributed by atoms with Gasteiger partial charge in [0.05, 0.1) is 11.8 Å². The maximum absolute atomic E-state index is 5.39. The number of aryl methyl sites for hydroxylation is 2. The average Bonchev–Trinajstić information content (AvgIpc) is 3.12. The lowest BCUT2D eigenvalue weighted by Gasteiger charge is -2.07. The summed E-state index contributed by atoms with van der Waals surface area (Å²) < 4.78 is 7.46. The Morgan fingerprint density at radius 1 is 1.26 bits per heavy atom. The molecule has 23 heavy (non-hydrogen) atoms. The standard InChI is InChI=1S/C18H19N3OS/c1-4-9-21-17(16-8-10-22-14(16)3)19-20-18(21)23-12-15-7-5-6-13(2)11-15/h4-8,10-11H,1,9,12H2,2-3H3. The summed E-state index contributed by atoms with van der Waals surface area (Å²) >= 11 is 1.68. The molecule has 3 rings (SSSR count). The van der Waals surface area contributed by atoms with Crippen molar-refractivity contribution >= 4 is 11.8 Å². The van der Waals surface area contributed by atoms with Crippen molar-refractivity contribution in [3.05, 3.63) is 66.1 Å². The second kappa shape index (κ2) is 6.87. The summed E-state index contributed by atoms with van der Waals surface area (Å²) in [6, 6.07) is 10.4. The first-order valence-corrected chi connectivity index (χ1v) is 8.44. The third-order valence-corrected chi connectivity index (χ3v) is 4.62. The molecule has 0 aliphatic heterocycles. The van der Waals surface area contributed by atoms with Crippen molar-refractivity contribution in [1.82, 2.24) is 14.8 Å². The van der Waals surface area contributed by atoms with Crippen molar-refractivity contribution in [2.45, 2.75) is 31.3 Å². The molecule has 2 heterocycles. The van der Waals surface area contributed by atoms with Gasteiger partial charge < -0.3 is 4.42 Å². The minimum absolute atomic E-state index is 0.670. The van der Waals surface area contributed by atoms with E-state index in [1.807, 2.05) is 19.1 Å². The predicted octanol–water partition coefficient (Wildman–Crippen LogP) is 4.63. The van der Waals surface area contributed by atoms with Gasteiger partial charge >= 0.3 is 0 Å². The number of benzene rings is 1. The Hall–Kier alpha value is -2.27. The number of hydrogen-bond acceptors (Lipinski definition) is 4. The van der Waals surface area contributed by atoms with Crippen molar-refractivity contribution in [3.63, 3.8) is 0 Å². The van der Waals surface area contributed by atoms with E-state index in [9.17, 15) is 0 Å². The molecular weight excluding hydrogens is 306 g/mol. The van der Waals surface area contributed by atoms with Gasteiger partial charge in [0.1, 0.15) is 5.76 Å². The SMILES string of the molecule is C=CCn1c(SCc2cccc(C)c2)nnc1-c1ccoc1C. The fourth-order valence-electron chi connectivity index (χ4n) is 2.46. The van der Waals surface area contributed by atoms with Gasteiger partial charge in [-0.3, -0.25) is 4.57 Å². The maximum Gasteiger partial charge on any atom is 0.192 e. The highest BCUT2D eigenvalue weighted by Gasteiger charge is 2.16. The van der Waals surface area contributed by atoms with E-state index in [1.165, 1.54) is 11.1 Å². The first kappa shape index (κ1) is 15.6. The van der Waals surface area contributed by atoms with Crippen molar-refractivity contribution in [1.29, 1.82) is 0 Å². The lowest BCUT2D eigenvalue weighted by molar-refractivity contribution is 0.534. The summed E-state index contributed by atoms with van der Waals surface area (Å²) in [5.74, 6) is 2.53. The number of hydrogen-bond donors (Lipinski definition) is 0. The molecule has 0 saturated carbocycles. The molecule has 0 spiro atoms. The second-order valence-electron chi connectivity index (χ2n) is 5.37. The van der Waals surface area contributed by atoms with Crippen LogP contribution in [0.2, 0.25) is 0 Å². The zero-order chi connectivity index (χ0) is 16.2. The van der Waals surface area contributed by atoms with Crippen LogP contribution in [0.3, 0.4) is 0 Å². The Kier molecular flexibility index (Phi) is 4.67. The van der Waals surface area contributed by atoms with E-state index in [-0.39, 0.29) is 0 Å². The number of rotatable bonds is 6. The van der Waals surface area contributed by atoms with Crippen LogP contribution in [0.1, 0.15) is 16.9 Å². The van der Waals surface area contributed by atoms with E-state index in [4.69, 9.17) is 4.42 Å². The van der Waals surface area contributed by atoms with E-state index < -0.39 is 0 Å². The van der Waals surface area contributed by atoms with Crippen LogP contribution in [-0.4, -0.2) is 14.8 Å². The van der Waals surface area contributed by atoms with E-state index in [0.29, 0.717) is 6.54 Å². The molecule has 0 bridgehead atoms. The smallest absolute Gasteiger partial charge is 0.192 e. The van der Waals surface area contributed by atoms with Gasteiger partial charge in [0.15, 0.2) is 11.0 Å². The van der Waals surface area contributed by atoms with Crippen LogP contribution in [0.25, 0.3) is 11.4 Å². The van der Waals surface area contributed by atoms with Gasteiger partial charge in [-0.1, -0.05) is 47.7 Å². The molecular formula is C18H19N3OS. The van der Waals surface area contributed by atoms with Gasteiger partial charge in [-0.05, 0) is 25.5 Å². The highest BCUT2D eigenvalue weighted by molar-refractivity contribution is 7.98. The Morgan fingerprint density at radius 2 is 2.13 bits per heavy atom. The number of thioether (sulfide) groups is 1. The molecule has 3 aromatic rings. The molecule has 0 amide bonds. The molecule has 5 heteroatoms. The first-order chi connectivity index (χ1) is 11.2. The van der Waals surface area contributed by atoms with E-state index in [0.717, 1.165) is 28.1 Å². The van der Waals surface area contributed by atoms with Crippen LogP contribution in [0.15, 0.2) is 58.8 Å². The Labute approximate surface area is 140 Å². The topological polar surface area (TPSA) is 43.9 Å². The van der Waals surface area contributed by atoms with Gasteiger partial charge in [0, 0.05) is 12.3 Å². The maximum atomic E-state index is 5.39. The third kappa shape index (κ3) is 3.40. The van der Waals surface area contributed by atoms with Crippen LogP contribution in [0.5, 0.6) is 0 Å². The normalized spacial score (nSPS) is 10.9. The molecule has 0 saturated heterocycles. The van der Waals surface area contributed by atoms with Gasteiger partial charge in [-0.25, -0.2) is 0 Å². The molecule has 4 nitrogen and oxygen atoms in total. The Morgan fingerprint density at radius 3 is 2.83 bits per heavy atom. The van der Waals surface area contributed by atoms with E-state index >= 15 is 0 Å². The van der Waals surface area contributed by atoms with Gasteiger partial charge in [-0.15, -0.1) is 16.8 Å². The summed E-state index contributed by atoms with van der Waals surface area (Å²) in [6.07, 6.45) is 3.54. The van der Waals surface area contributed by atoms with Gasteiger partial charge in [0.25, 0.3) is 0 Å². The molecule has 2 aromatic heterocycles. The minimum atomic E-state index is 0.670. The van der Waals surface area contributed by atoms with E-state index in [2.05, 4.69) is 52.5 Å². The fourth-order valence-corrected chi connectivity index (χ4v) is 3.35. The number of furan rings is 1. The molecule has 118 valence electrons. The summed E-state index contributed by atoms with van der Waals surface area (Å²) in [7, 11) is 0. The predicted molar refractivity (Wildman–Crippen MR) is 93.4 cm³/mol. The highest BCUT2D eigenvalue weighted by Crippen LogP contribution is 2.28. The number of nitrogens with zero attached hydrogens (tertiary/aromatic N) is 3. The molecule has 0 radical (unpaired) electrons. The molecule has 0 aliphatic rings. The minimum Gasteiger partial charge on any atom is -0.469 e. The van der Waals surface area contributed by atoms with Crippen molar-refractivity contribution < 1.29 is 4.42 Å². The van der Waals surface area contributed by atoms with Crippen LogP contribution >= 0.6 is 11.8 Å². The van der Waals surface area contributed by atoms with Crippen molar-refractivity contribution in [2.75, 3.05) is 0 Å². The average molecular weight is 325 g/mol. The Bertz CT molecular complexity index is 819. The van der Waals surface area contributed by atoms with E-state index in [1.54, 1.807) is 18.0 Å². The number of aromatic nitrogens is 3. The Balaban J connectivity index is 1.86. The lowest BCUT2D eigenvalue weighted by Crippen LogP contribution is -2.00. The molecule has 1 aromatic carbocycles. The zero-order valence-electron chi connectivity index (χ0n) is 13.3. The summed E-state index contributed by atoms with van der Waals surface area (Å²) in [6.45, 7) is 8.55. The third-order valence-electron chi connectivity index (χ3n) is 3.58. The summed E-state index contributed by atoms with van der Waals surface area (Å²) in [5.41, 5.74) is 3.52. The van der Waals surface area contributed by atoms with Crippen molar-refractivity contribution in [3.8, 4) is 11.4 Å². The molecule has 0 atom stereocenters. The van der Waals surface area contributed by atoms with Crippen molar-refractivity contribution in [2.24, 2.45) is 0 Å². The molecule has 0 N–H and O–H groups in total. The monoisotopic (exact) mass is 325 g/mol. The lowest BCUT2D eigenvalue weighted by atomic mass is 10.2. The molecule has 0 unspecified atom stereocenters. The highest BCUT2D eigenvalue weighted by atomic mass is 32.2. The summed E-state index contributed by atoms with van der Waals surface area (Å²) in [4.78, 5) is 0. The van der Waals surface area contributed by atoms with Crippen LogP contribution < -0.4 is 0 Å². The molecule has 0 aliphatic carbocycles. The van der Waals surface area contributed by atoms with Crippen LogP contribution in [-0.2, 0) is 12.3 Å². The van der Waals surface area contributed by atoms with Gasteiger partial charge in [-0.2, -0.15) is 0 Å². The first-order valence-electron chi connectivity index (χ1n) is 7.46. The fraction of sp³-hybridized carbons (Fsp3) is 0.222. The largest absolute Gasteiger partial charge is 0.469 e.